The number of aromatic amines is 1. The van der Waals surface area contributed by atoms with Crippen LogP contribution in [0.15, 0.2) is 18.2 Å². The molecule has 0 saturated heterocycles. The summed E-state index contributed by atoms with van der Waals surface area (Å²) in [6.07, 6.45) is 2.44. The fourth-order valence-corrected chi connectivity index (χ4v) is 2.94. The standard InChI is InChI=1S/C15H17ClN2O/c1-2-3-15(19)18-7-6-14-12(9-18)11-8-10(16)4-5-13(11)17-14/h4-5,8,17H,2-3,6-7,9H2,1H3. The minimum atomic E-state index is 0.254. The van der Waals surface area contributed by atoms with Gasteiger partial charge in [-0.2, -0.15) is 0 Å². The zero-order chi connectivity index (χ0) is 13.4. The van der Waals surface area contributed by atoms with E-state index >= 15 is 0 Å². The van der Waals surface area contributed by atoms with E-state index in [9.17, 15) is 4.79 Å². The Kier molecular flexibility index (Phi) is 3.23. The number of benzene rings is 1. The molecule has 0 fully saturated rings. The average Bonchev–Trinajstić information content (AvgIpc) is 2.76. The number of amides is 1. The van der Waals surface area contributed by atoms with Gasteiger partial charge in [0.15, 0.2) is 0 Å². The molecule has 100 valence electrons. The molecule has 3 nitrogen and oxygen atoms in total. The monoisotopic (exact) mass is 276 g/mol. The van der Waals surface area contributed by atoms with Crippen LogP contribution in [-0.2, 0) is 17.8 Å². The van der Waals surface area contributed by atoms with E-state index in [0.29, 0.717) is 13.0 Å². The summed E-state index contributed by atoms with van der Waals surface area (Å²) < 4.78 is 0. The van der Waals surface area contributed by atoms with Crippen LogP contribution in [0.4, 0.5) is 0 Å². The summed E-state index contributed by atoms with van der Waals surface area (Å²) in [5, 5.41) is 1.89. The topological polar surface area (TPSA) is 36.1 Å². The summed E-state index contributed by atoms with van der Waals surface area (Å²) >= 11 is 6.07. The molecule has 0 spiro atoms. The smallest absolute Gasteiger partial charge is 0.222 e. The van der Waals surface area contributed by atoms with Crippen LogP contribution >= 0.6 is 11.6 Å². The van der Waals surface area contributed by atoms with Crippen molar-refractivity contribution in [3.63, 3.8) is 0 Å². The SMILES string of the molecule is CCCC(=O)N1CCc2[nH]c3ccc(Cl)cc3c2C1. The predicted octanol–water partition coefficient (Wildman–Crippen LogP) is 3.51. The fraction of sp³-hybridized carbons (Fsp3) is 0.400. The third kappa shape index (κ3) is 2.23. The lowest BCUT2D eigenvalue weighted by molar-refractivity contribution is -0.132. The number of hydrogen-bond acceptors (Lipinski definition) is 1. The number of rotatable bonds is 2. The maximum absolute atomic E-state index is 12.0. The Morgan fingerprint density at radius 2 is 2.32 bits per heavy atom. The van der Waals surface area contributed by atoms with Gasteiger partial charge in [-0.3, -0.25) is 4.79 Å². The third-order valence-corrected chi connectivity index (χ3v) is 3.99. The zero-order valence-electron chi connectivity index (χ0n) is 11.0. The Hall–Kier alpha value is -1.48. The van der Waals surface area contributed by atoms with E-state index in [0.717, 1.165) is 35.3 Å². The van der Waals surface area contributed by atoms with E-state index in [2.05, 4.69) is 4.98 Å². The van der Waals surface area contributed by atoms with Gasteiger partial charge in [0.2, 0.25) is 5.91 Å². The Morgan fingerprint density at radius 3 is 3.11 bits per heavy atom. The van der Waals surface area contributed by atoms with Crippen molar-refractivity contribution in [2.24, 2.45) is 0 Å². The maximum atomic E-state index is 12.0. The molecule has 1 aliphatic rings. The number of fused-ring (bicyclic) bond motifs is 3. The Morgan fingerprint density at radius 1 is 1.47 bits per heavy atom. The molecule has 0 radical (unpaired) electrons. The largest absolute Gasteiger partial charge is 0.358 e. The van der Waals surface area contributed by atoms with Gasteiger partial charge in [0.05, 0.1) is 0 Å². The van der Waals surface area contributed by atoms with E-state index in [1.807, 2.05) is 30.0 Å². The van der Waals surface area contributed by atoms with Gasteiger partial charge in [-0.15, -0.1) is 0 Å². The molecule has 1 aromatic carbocycles. The van der Waals surface area contributed by atoms with Gasteiger partial charge < -0.3 is 9.88 Å². The van der Waals surface area contributed by atoms with Gasteiger partial charge in [-0.05, 0) is 24.6 Å². The zero-order valence-corrected chi connectivity index (χ0v) is 11.8. The molecule has 3 rings (SSSR count). The first-order chi connectivity index (χ1) is 9.19. The van der Waals surface area contributed by atoms with Crippen molar-refractivity contribution in [2.45, 2.75) is 32.7 Å². The van der Waals surface area contributed by atoms with Crippen LogP contribution in [0.3, 0.4) is 0 Å². The van der Waals surface area contributed by atoms with Crippen LogP contribution in [0.1, 0.15) is 31.0 Å². The normalized spacial score (nSPS) is 14.7. The number of halogens is 1. The number of nitrogens with one attached hydrogen (secondary N) is 1. The number of carbonyl (C=O) groups excluding carboxylic acids is 1. The van der Waals surface area contributed by atoms with Crippen LogP contribution in [0.5, 0.6) is 0 Å². The number of nitrogens with zero attached hydrogens (tertiary/aromatic N) is 1. The van der Waals surface area contributed by atoms with Crippen molar-refractivity contribution in [1.29, 1.82) is 0 Å². The summed E-state index contributed by atoms with van der Waals surface area (Å²) in [5.41, 5.74) is 3.59. The van der Waals surface area contributed by atoms with E-state index in [1.54, 1.807) is 0 Å². The third-order valence-electron chi connectivity index (χ3n) is 3.75. The van der Waals surface area contributed by atoms with Gasteiger partial charge in [-0.1, -0.05) is 18.5 Å². The molecule has 2 heterocycles. The minimum absolute atomic E-state index is 0.254. The second kappa shape index (κ2) is 4.89. The first kappa shape index (κ1) is 12.5. The van der Waals surface area contributed by atoms with Crippen molar-refractivity contribution < 1.29 is 4.79 Å². The molecular formula is C15H17ClN2O. The van der Waals surface area contributed by atoms with E-state index < -0.39 is 0 Å². The lowest BCUT2D eigenvalue weighted by atomic mass is 10.0. The quantitative estimate of drug-likeness (QED) is 0.895. The highest BCUT2D eigenvalue weighted by Gasteiger charge is 2.23. The van der Waals surface area contributed by atoms with Crippen LogP contribution in [-0.4, -0.2) is 22.3 Å². The fourth-order valence-electron chi connectivity index (χ4n) is 2.77. The van der Waals surface area contributed by atoms with E-state index in [1.165, 1.54) is 11.3 Å². The van der Waals surface area contributed by atoms with Crippen LogP contribution in [0, 0.1) is 0 Å². The van der Waals surface area contributed by atoms with Crippen molar-refractivity contribution in [1.82, 2.24) is 9.88 Å². The molecule has 0 bridgehead atoms. The molecule has 0 atom stereocenters. The molecule has 0 aliphatic carbocycles. The van der Waals surface area contributed by atoms with Gasteiger partial charge in [0.25, 0.3) is 0 Å². The summed E-state index contributed by atoms with van der Waals surface area (Å²) in [6.45, 7) is 3.56. The maximum Gasteiger partial charge on any atom is 0.222 e. The summed E-state index contributed by atoms with van der Waals surface area (Å²) in [4.78, 5) is 17.4. The van der Waals surface area contributed by atoms with Crippen LogP contribution < -0.4 is 0 Å². The van der Waals surface area contributed by atoms with Crippen molar-refractivity contribution in [2.75, 3.05) is 6.54 Å². The molecule has 1 aliphatic heterocycles. The molecular weight excluding hydrogens is 260 g/mol. The summed E-state index contributed by atoms with van der Waals surface area (Å²) in [6, 6.07) is 5.89. The lowest BCUT2D eigenvalue weighted by Gasteiger charge is -2.27. The first-order valence-electron chi connectivity index (χ1n) is 6.75. The second-order valence-corrected chi connectivity index (χ2v) is 5.52. The van der Waals surface area contributed by atoms with Crippen LogP contribution in [0.2, 0.25) is 5.02 Å². The highest BCUT2D eigenvalue weighted by molar-refractivity contribution is 6.31. The Labute approximate surface area is 117 Å². The summed E-state index contributed by atoms with van der Waals surface area (Å²) in [5.74, 6) is 0.254. The number of carbonyl (C=O) groups is 1. The Bertz CT molecular complexity index is 632. The number of aromatic nitrogens is 1. The molecule has 4 heteroatoms. The van der Waals surface area contributed by atoms with Gasteiger partial charge in [0.1, 0.15) is 0 Å². The molecule has 0 unspecified atom stereocenters. The lowest BCUT2D eigenvalue weighted by Crippen LogP contribution is -2.35. The van der Waals surface area contributed by atoms with E-state index in [4.69, 9.17) is 11.6 Å². The first-order valence-corrected chi connectivity index (χ1v) is 7.13. The molecule has 1 amide bonds. The van der Waals surface area contributed by atoms with E-state index in [-0.39, 0.29) is 5.91 Å². The predicted molar refractivity (Wildman–Crippen MR) is 77.3 cm³/mol. The second-order valence-electron chi connectivity index (χ2n) is 5.09. The van der Waals surface area contributed by atoms with Crippen molar-refractivity contribution >= 4 is 28.4 Å². The summed E-state index contributed by atoms with van der Waals surface area (Å²) in [7, 11) is 0. The molecule has 19 heavy (non-hydrogen) atoms. The molecule has 0 saturated carbocycles. The Balaban J connectivity index is 1.97. The number of H-pyrrole nitrogens is 1. The molecule has 2 aromatic rings. The van der Waals surface area contributed by atoms with Crippen molar-refractivity contribution in [3.05, 3.63) is 34.5 Å². The number of hydrogen-bond donors (Lipinski definition) is 1. The molecule has 1 N–H and O–H groups in total. The van der Waals surface area contributed by atoms with Crippen LogP contribution in [0.25, 0.3) is 10.9 Å². The highest BCUT2D eigenvalue weighted by Crippen LogP contribution is 2.29. The minimum Gasteiger partial charge on any atom is -0.358 e. The highest BCUT2D eigenvalue weighted by atomic mass is 35.5. The van der Waals surface area contributed by atoms with Gasteiger partial charge in [-0.25, -0.2) is 0 Å². The van der Waals surface area contributed by atoms with Gasteiger partial charge in [0, 0.05) is 53.1 Å². The average molecular weight is 277 g/mol. The van der Waals surface area contributed by atoms with Gasteiger partial charge >= 0.3 is 0 Å². The molecule has 1 aromatic heterocycles. The van der Waals surface area contributed by atoms with Crippen molar-refractivity contribution in [3.8, 4) is 0 Å².